The average Bonchev–Trinajstić information content (AvgIpc) is 2.35. The molecule has 0 saturated heterocycles. The van der Waals surface area contributed by atoms with Gasteiger partial charge in [0, 0.05) is 25.7 Å². The minimum atomic E-state index is -3.51. The van der Waals surface area contributed by atoms with Crippen molar-refractivity contribution in [3.05, 3.63) is 0 Å². The SMILES string of the molecule is CS(=O)(=O)OC1CCC(F)(F)CC1.OC1CCC(F)(F)CC1. The Balaban J connectivity index is 0.000000235. The zero-order valence-corrected chi connectivity index (χ0v) is 13.2. The lowest BCUT2D eigenvalue weighted by molar-refractivity contribution is -0.0630. The van der Waals surface area contributed by atoms with Crippen LogP contribution in [-0.2, 0) is 14.3 Å². The molecule has 0 aromatic carbocycles. The van der Waals surface area contributed by atoms with Gasteiger partial charge in [-0.1, -0.05) is 0 Å². The summed E-state index contributed by atoms with van der Waals surface area (Å²) in [4.78, 5) is 0. The highest BCUT2D eigenvalue weighted by Crippen LogP contribution is 2.34. The number of alkyl halides is 4. The lowest BCUT2D eigenvalue weighted by atomic mass is 9.94. The second-order valence-electron chi connectivity index (χ2n) is 5.94. The highest BCUT2D eigenvalue weighted by atomic mass is 32.2. The van der Waals surface area contributed by atoms with E-state index < -0.39 is 34.2 Å². The minimum Gasteiger partial charge on any atom is -0.393 e. The van der Waals surface area contributed by atoms with E-state index in [1.54, 1.807) is 0 Å². The predicted molar refractivity (Wildman–Crippen MR) is 72.6 cm³/mol. The normalized spacial score (nSPS) is 26.1. The molecule has 2 aliphatic rings. The molecular formula is C13H22F4O4S. The van der Waals surface area contributed by atoms with Crippen LogP contribution in [0.15, 0.2) is 0 Å². The number of hydrogen-bond acceptors (Lipinski definition) is 4. The van der Waals surface area contributed by atoms with E-state index in [0.717, 1.165) is 6.26 Å². The van der Waals surface area contributed by atoms with Crippen LogP contribution in [0.4, 0.5) is 17.6 Å². The van der Waals surface area contributed by atoms with Gasteiger partial charge < -0.3 is 5.11 Å². The van der Waals surface area contributed by atoms with Crippen LogP contribution in [0.3, 0.4) is 0 Å². The van der Waals surface area contributed by atoms with Crippen LogP contribution in [0.1, 0.15) is 51.4 Å². The molecule has 0 bridgehead atoms. The van der Waals surface area contributed by atoms with Gasteiger partial charge in [-0.05, 0) is 25.7 Å². The van der Waals surface area contributed by atoms with Crippen molar-refractivity contribution in [2.75, 3.05) is 6.26 Å². The number of aliphatic hydroxyl groups excluding tert-OH is 1. The van der Waals surface area contributed by atoms with Crippen molar-refractivity contribution in [1.82, 2.24) is 0 Å². The van der Waals surface area contributed by atoms with Gasteiger partial charge in [-0.15, -0.1) is 0 Å². The molecule has 0 unspecified atom stereocenters. The molecule has 0 aliphatic heterocycles. The van der Waals surface area contributed by atoms with Crippen LogP contribution < -0.4 is 0 Å². The Morgan fingerprint density at radius 1 is 0.909 bits per heavy atom. The summed E-state index contributed by atoms with van der Waals surface area (Å²) in [7, 11) is -3.51. The summed E-state index contributed by atoms with van der Waals surface area (Å²) >= 11 is 0. The standard InChI is InChI=1S/C7H12F2O3S.C6H10F2O/c1-13(10,11)12-6-2-4-7(8,9)5-3-6;7-6(8)3-1-5(9)2-4-6/h6H,2-5H2,1H3;5,9H,1-4H2. The summed E-state index contributed by atoms with van der Waals surface area (Å²) in [6.07, 6.45) is -0.234. The first-order chi connectivity index (χ1) is 9.89. The Bertz CT molecular complexity index is 433. The van der Waals surface area contributed by atoms with Crippen molar-refractivity contribution >= 4 is 10.1 Å². The topological polar surface area (TPSA) is 63.6 Å². The number of hydrogen-bond donors (Lipinski definition) is 1. The van der Waals surface area contributed by atoms with Crippen LogP contribution in [0, 0.1) is 0 Å². The van der Waals surface area contributed by atoms with E-state index in [9.17, 15) is 26.0 Å². The molecule has 0 aromatic rings. The molecule has 0 atom stereocenters. The Morgan fingerprint density at radius 3 is 1.59 bits per heavy atom. The minimum absolute atomic E-state index is 0.111. The van der Waals surface area contributed by atoms with Gasteiger partial charge in [-0.2, -0.15) is 8.42 Å². The van der Waals surface area contributed by atoms with Crippen molar-refractivity contribution in [2.24, 2.45) is 0 Å². The molecule has 4 nitrogen and oxygen atoms in total. The van der Waals surface area contributed by atoms with E-state index in [0.29, 0.717) is 0 Å². The lowest BCUT2D eigenvalue weighted by Gasteiger charge is -2.27. The zero-order chi connectivity index (χ0) is 17.0. The van der Waals surface area contributed by atoms with E-state index in [1.165, 1.54) is 0 Å². The summed E-state index contributed by atoms with van der Waals surface area (Å²) in [5, 5.41) is 8.81. The Labute approximate surface area is 128 Å². The molecule has 2 fully saturated rings. The van der Waals surface area contributed by atoms with Crippen LogP contribution in [0.5, 0.6) is 0 Å². The maximum absolute atomic E-state index is 12.6. The summed E-state index contributed by atoms with van der Waals surface area (Å²) in [6.45, 7) is 0. The molecule has 1 N–H and O–H groups in total. The Hall–Kier alpha value is -0.410. The van der Waals surface area contributed by atoms with Gasteiger partial charge in [0.25, 0.3) is 10.1 Å². The number of rotatable bonds is 2. The first kappa shape index (κ1) is 19.6. The van der Waals surface area contributed by atoms with E-state index in [-0.39, 0.29) is 51.4 Å². The molecule has 0 spiro atoms. The Morgan fingerprint density at radius 2 is 1.27 bits per heavy atom. The van der Waals surface area contributed by atoms with Crippen molar-refractivity contribution in [2.45, 2.75) is 75.4 Å². The fourth-order valence-corrected chi connectivity index (χ4v) is 3.07. The lowest BCUT2D eigenvalue weighted by Crippen LogP contribution is -2.30. The van der Waals surface area contributed by atoms with Crippen LogP contribution in [0.25, 0.3) is 0 Å². The van der Waals surface area contributed by atoms with Crippen LogP contribution in [-0.4, -0.2) is 43.8 Å². The molecule has 9 heteroatoms. The van der Waals surface area contributed by atoms with Gasteiger partial charge in [0.05, 0.1) is 18.5 Å². The third-order valence-corrected chi connectivity index (χ3v) is 4.28. The molecule has 2 saturated carbocycles. The molecular weight excluding hydrogens is 328 g/mol. The smallest absolute Gasteiger partial charge is 0.264 e. The third kappa shape index (κ3) is 8.28. The van der Waals surface area contributed by atoms with E-state index >= 15 is 0 Å². The Kier molecular flexibility index (Phi) is 6.64. The largest absolute Gasteiger partial charge is 0.393 e. The first-order valence-corrected chi connectivity index (χ1v) is 9.02. The monoisotopic (exact) mass is 350 g/mol. The summed E-state index contributed by atoms with van der Waals surface area (Å²) in [5.74, 6) is -5.14. The van der Waals surface area contributed by atoms with Crippen LogP contribution >= 0.6 is 0 Å². The average molecular weight is 350 g/mol. The van der Waals surface area contributed by atoms with Gasteiger partial charge in [0.1, 0.15) is 0 Å². The van der Waals surface area contributed by atoms with Gasteiger partial charge >= 0.3 is 0 Å². The molecule has 2 rings (SSSR count). The van der Waals surface area contributed by atoms with Crippen molar-refractivity contribution in [1.29, 1.82) is 0 Å². The fourth-order valence-electron chi connectivity index (χ4n) is 2.38. The van der Waals surface area contributed by atoms with E-state index in [2.05, 4.69) is 4.18 Å². The fraction of sp³-hybridized carbons (Fsp3) is 1.00. The number of halogens is 4. The van der Waals surface area contributed by atoms with Gasteiger partial charge in [-0.3, -0.25) is 4.18 Å². The molecule has 0 aromatic heterocycles. The third-order valence-electron chi connectivity index (χ3n) is 3.66. The molecule has 2 aliphatic carbocycles. The second kappa shape index (κ2) is 7.44. The molecule has 0 radical (unpaired) electrons. The quantitative estimate of drug-likeness (QED) is 0.614. The summed E-state index contributed by atoms with van der Waals surface area (Å²) < 4.78 is 75.7. The van der Waals surface area contributed by atoms with E-state index in [1.807, 2.05) is 0 Å². The van der Waals surface area contributed by atoms with Crippen molar-refractivity contribution in [3.8, 4) is 0 Å². The molecule has 0 amide bonds. The van der Waals surface area contributed by atoms with Gasteiger partial charge in [0.15, 0.2) is 0 Å². The van der Waals surface area contributed by atoms with Gasteiger partial charge in [0.2, 0.25) is 11.8 Å². The maximum atomic E-state index is 12.6. The zero-order valence-electron chi connectivity index (χ0n) is 12.4. The number of aliphatic hydroxyl groups is 1. The highest BCUT2D eigenvalue weighted by molar-refractivity contribution is 7.86. The first-order valence-electron chi connectivity index (χ1n) is 7.21. The maximum Gasteiger partial charge on any atom is 0.264 e. The predicted octanol–water partition coefficient (Wildman–Crippen LogP) is 3.10. The molecule has 132 valence electrons. The van der Waals surface area contributed by atoms with E-state index in [4.69, 9.17) is 5.11 Å². The van der Waals surface area contributed by atoms with Crippen molar-refractivity contribution in [3.63, 3.8) is 0 Å². The highest BCUT2D eigenvalue weighted by Gasteiger charge is 2.36. The molecule has 0 heterocycles. The summed E-state index contributed by atoms with van der Waals surface area (Å²) in [5.41, 5.74) is 0. The van der Waals surface area contributed by atoms with Crippen LogP contribution in [0.2, 0.25) is 0 Å². The molecule has 22 heavy (non-hydrogen) atoms. The van der Waals surface area contributed by atoms with Crippen molar-refractivity contribution < 1.29 is 35.3 Å². The summed E-state index contributed by atoms with van der Waals surface area (Å²) in [6, 6.07) is 0. The van der Waals surface area contributed by atoms with Gasteiger partial charge in [-0.25, -0.2) is 17.6 Å². The second-order valence-corrected chi connectivity index (χ2v) is 7.54.